The molecule has 2 heterocycles. The van der Waals surface area contributed by atoms with Crippen LogP contribution in [0.2, 0.25) is 0 Å². The quantitative estimate of drug-likeness (QED) is 0.140. The lowest BCUT2D eigenvalue weighted by atomic mass is 9.40. The number of rotatable bonds is 4. The maximum atomic E-state index is 12.4. The number of ether oxygens (including phenoxy) is 3. The number of carbonyl (C=O) groups is 1. The SMILES string of the molecule is C[C@H]1O[C@@H](O[C@H]2C[C@@H](O)[C@]3(CO)[C@H]4[C@H](O)C[C@]5(C)[C@@H](C6=CC(=O)OC6)CC[C@]5(O)[C@@H]4CC[C@]3(O)C2)[C@@H](O)[C@@H](O)[C@@H]1O. The van der Waals surface area contributed by atoms with Gasteiger partial charge in [-0.3, -0.25) is 0 Å². The second-order valence-corrected chi connectivity index (χ2v) is 13.8. The Morgan fingerprint density at radius 1 is 1.02 bits per heavy atom. The summed E-state index contributed by atoms with van der Waals surface area (Å²) in [5.41, 5.74) is -4.46. The monoisotopic (exact) mass is 584 g/mol. The fourth-order valence-corrected chi connectivity index (χ4v) is 10.1. The van der Waals surface area contributed by atoms with Gasteiger partial charge in [0.15, 0.2) is 6.29 Å². The van der Waals surface area contributed by atoms with Gasteiger partial charge in [-0.15, -0.1) is 0 Å². The van der Waals surface area contributed by atoms with Gasteiger partial charge in [0.25, 0.3) is 0 Å². The lowest BCUT2D eigenvalue weighted by Gasteiger charge is -2.68. The van der Waals surface area contributed by atoms with E-state index in [1.165, 1.54) is 13.0 Å². The Balaban J connectivity index is 1.28. The summed E-state index contributed by atoms with van der Waals surface area (Å²) >= 11 is 0. The molecule has 0 spiro atoms. The van der Waals surface area contributed by atoms with Crippen molar-refractivity contribution in [1.29, 1.82) is 0 Å². The van der Waals surface area contributed by atoms with Gasteiger partial charge in [-0.25, -0.2) is 4.79 Å². The normalized spacial score (nSPS) is 56.9. The Labute approximate surface area is 238 Å². The van der Waals surface area contributed by atoms with E-state index in [9.17, 15) is 45.6 Å². The molecule has 4 aliphatic carbocycles. The first-order valence-corrected chi connectivity index (χ1v) is 14.9. The first-order valence-electron chi connectivity index (χ1n) is 14.9. The molecule has 0 aromatic rings. The van der Waals surface area contributed by atoms with Gasteiger partial charge in [0, 0.05) is 30.3 Å². The molecule has 0 unspecified atom stereocenters. The van der Waals surface area contributed by atoms with E-state index in [0.29, 0.717) is 19.3 Å². The standard InChI is InChI=1S/C29H44O12/c1-13-22(34)23(35)24(36)25(40-13)41-15-8-19(32)28(12-30)21-17(3-5-27(28,37)9-15)29(38)6-4-16(14-7-20(33)39-11-14)26(29,2)10-18(21)31/h7,13,15-19,21-25,30-32,34-38H,3-6,8-12H2,1-2H3/t13-,15+,16-,17-,18-,19-,21-,22-,23+,24+,25+,26-,27+,28-,29+/m1/s1. The predicted octanol–water partition coefficient (Wildman–Crippen LogP) is -1.51. The van der Waals surface area contributed by atoms with Crippen molar-refractivity contribution in [3.63, 3.8) is 0 Å². The van der Waals surface area contributed by atoms with Crippen LogP contribution < -0.4 is 0 Å². The second-order valence-electron chi connectivity index (χ2n) is 13.8. The van der Waals surface area contributed by atoms with Crippen molar-refractivity contribution >= 4 is 5.97 Å². The van der Waals surface area contributed by atoms with Crippen LogP contribution in [0.5, 0.6) is 0 Å². The van der Waals surface area contributed by atoms with Gasteiger partial charge in [-0.1, -0.05) is 6.92 Å². The minimum Gasteiger partial charge on any atom is -0.458 e. The minimum atomic E-state index is -1.67. The highest BCUT2D eigenvalue weighted by molar-refractivity contribution is 5.85. The first kappa shape index (κ1) is 29.9. The summed E-state index contributed by atoms with van der Waals surface area (Å²) in [7, 11) is 0. The number of aliphatic hydroxyl groups is 8. The van der Waals surface area contributed by atoms with E-state index in [1.54, 1.807) is 0 Å². The zero-order chi connectivity index (χ0) is 29.7. The van der Waals surface area contributed by atoms with Crippen LogP contribution in [-0.2, 0) is 19.0 Å². The number of aliphatic hydroxyl groups excluding tert-OH is 6. The van der Waals surface area contributed by atoms with Gasteiger partial charge in [0.05, 0.1) is 47.6 Å². The lowest BCUT2D eigenvalue weighted by molar-refractivity contribution is -0.342. The zero-order valence-electron chi connectivity index (χ0n) is 23.5. The Morgan fingerprint density at radius 2 is 1.76 bits per heavy atom. The maximum Gasteiger partial charge on any atom is 0.331 e. The average Bonchev–Trinajstić information content (AvgIpc) is 3.45. The summed E-state index contributed by atoms with van der Waals surface area (Å²) in [6.07, 6.45) is -6.68. The van der Waals surface area contributed by atoms with Gasteiger partial charge in [0.1, 0.15) is 24.9 Å². The maximum absolute atomic E-state index is 12.4. The highest BCUT2D eigenvalue weighted by atomic mass is 16.7. The van der Waals surface area contributed by atoms with E-state index < -0.39 is 95.5 Å². The summed E-state index contributed by atoms with van der Waals surface area (Å²) < 4.78 is 16.7. The van der Waals surface area contributed by atoms with Crippen molar-refractivity contribution < 1.29 is 59.9 Å². The van der Waals surface area contributed by atoms with Crippen LogP contribution in [0.3, 0.4) is 0 Å². The molecule has 1 saturated heterocycles. The summed E-state index contributed by atoms with van der Waals surface area (Å²) in [4.78, 5) is 11.8. The van der Waals surface area contributed by atoms with Crippen LogP contribution >= 0.6 is 0 Å². The number of hydrogen-bond donors (Lipinski definition) is 8. The van der Waals surface area contributed by atoms with Crippen LogP contribution in [-0.4, -0.2) is 120 Å². The number of carbonyl (C=O) groups excluding carboxylic acids is 1. The first-order chi connectivity index (χ1) is 19.2. The summed E-state index contributed by atoms with van der Waals surface area (Å²) in [5, 5.41) is 89.6. The fraction of sp³-hybridized carbons (Fsp3) is 0.897. The summed E-state index contributed by atoms with van der Waals surface area (Å²) in [6, 6.07) is 0. The lowest BCUT2D eigenvalue weighted by Crippen LogP contribution is -2.76. The Bertz CT molecular complexity index is 1080. The molecule has 4 saturated carbocycles. The molecule has 2 aliphatic heterocycles. The minimum absolute atomic E-state index is 0.0369. The van der Waals surface area contributed by atoms with Crippen molar-refractivity contribution in [3.8, 4) is 0 Å². The molecule has 5 fully saturated rings. The molecule has 6 aliphatic rings. The smallest absolute Gasteiger partial charge is 0.331 e. The molecule has 15 atom stereocenters. The van der Waals surface area contributed by atoms with E-state index in [1.807, 2.05) is 6.92 Å². The van der Waals surface area contributed by atoms with Crippen molar-refractivity contribution in [2.75, 3.05) is 13.2 Å². The number of fused-ring (bicyclic) bond motifs is 5. The van der Waals surface area contributed by atoms with Gasteiger partial charge < -0.3 is 55.1 Å². The molecule has 0 radical (unpaired) electrons. The highest BCUT2D eigenvalue weighted by Gasteiger charge is 2.75. The average molecular weight is 585 g/mol. The Kier molecular flexibility index (Phi) is 7.22. The molecule has 41 heavy (non-hydrogen) atoms. The van der Waals surface area contributed by atoms with Crippen molar-refractivity contribution in [2.45, 2.75) is 119 Å². The third-order valence-electron chi connectivity index (χ3n) is 12.2. The summed E-state index contributed by atoms with van der Waals surface area (Å²) in [5.74, 6) is -1.93. The predicted molar refractivity (Wildman–Crippen MR) is 139 cm³/mol. The van der Waals surface area contributed by atoms with Crippen molar-refractivity contribution in [3.05, 3.63) is 11.6 Å². The topological polar surface area (TPSA) is 207 Å². The van der Waals surface area contributed by atoms with Gasteiger partial charge in [-0.2, -0.15) is 0 Å². The van der Waals surface area contributed by atoms with Crippen LogP contribution in [0, 0.1) is 28.6 Å². The van der Waals surface area contributed by atoms with E-state index in [2.05, 4.69) is 0 Å². The largest absolute Gasteiger partial charge is 0.458 e. The molecule has 0 bridgehead atoms. The Hall–Kier alpha value is -1.19. The zero-order valence-corrected chi connectivity index (χ0v) is 23.5. The van der Waals surface area contributed by atoms with Gasteiger partial charge in [-0.05, 0) is 56.4 Å². The molecule has 0 aromatic heterocycles. The summed E-state index contributed by atoms with van der Waals surface area (Å²) in [6.45, 7) is 3.00. The molecule has 12 heteroatoms. The third kappa shape index (κ3) is 3.99. The second kappa shape index (κ2) is 9.91. The van der Waals surface area contributed by atoms with Crippen LogP contribution in [0.15, 0.2) is 11.6 Å². The van der Waals surface area contributed by atoms with E-state index in [4.69, 9.17) is 14.2 Å². The fourth-order valence-electron chi connectivity index (χ4n) is 10.1. The molecule has 0 aromatic carbocycles. The third-order valence-corrected chi connectivity index (χ3v) is 12.2. The van der Waals surface area contributed by atoms with Crippen LogP contribution in [0.1, 0.15) is 58.8 Å². The molecular weight excluding hydrogens is 540 g/mol. The van der Waals surface area contributed by atoms with Crippen molar-refractivity contribution in [1.82, 2.24) is 0 Å². The molecule has 6 rings (SSSR count). The van der Waals surface area contributed by atoms with Crippen LogP contribution in [0.4, 0.5) is 0 Å². The molecule has 232 valence electrons. The number of esters is 1. The van der Waals surface area contributed by atoms with E-state index in [0.717, 1.165) is 5.57 Å². The molecule has 0 amide bonds. The van der Waals surface area contributed by atoms with E-state index in [-0.39, 0.29) is 38.2 Å². The van der Waals surface area contributed by atoms with Gasteiger partial charge in [0.2, 0.25) is 0 Å². The van der Waals surface area contributed by atoms with E-state index >= 15 is 0 Å². The number of hydrogen-bond acceptors (Lipinski definition) is 12. The molecule has 12 nitrogen and oxygen atoms in total. The van der Waals surface area contributed by atoms with Crippen LogP contribution in [0.25, 0.3) is 0 Å². The molecular formula is C29H44O12. The van der Waals surface area contributed by atoms with Gasteiger partial charge >= 0.3 is 5.97 Å². The van der Waals surface area contributed by atoms with Crippen molar-refractivity contribution in [2.24, 2.45) is 28.6 Å². The highest BCUT2D eigenvalue weighted by Crippen LogP contribution is 2.70. The number of cyclic esters (lactones) is 1. The molecule has 8 N–H and O–H groups in total. The Morgan fingerprint density at radius 3 is 2.41 bits per heavy atom.